The van der Waals surface area contributed by atoms with Gasteiger partial charge >= 0.3 is 0 Å². The zero-order valence-corrected chi connectivity index (χ0v) is 19.6. The highest BCUT2D eigenvalue weighted by molar-refractivity contribution is 5.91. The van der Waals surface area contributed by atoms with Crippen LogP contribution in [-0.4, -0.2) is 65.7 Å². The van der Waals surface area contributed by atoms with Crippen molar-refractivity contribution in [3.8, 4) is 34.3 Å². The molecule has 1 saturated heterocycles. The molecule has 3 aromatic rings. The number of hydrogen-bond donors (Lipinski definition) is 0. The zero-order chi connectivity index (χ0) is 22.8. The second-order valence-corrected chi connectivity index (χ2v) is 8.37. The minimum Gasteiger partial charge on any atom is -0.493 e. The number of pyridine rings is 1. The van der Waals surface area contributed by atoms with Gasteiger partial charge in [-0.25, -0.2) is 0 Å². The molecule has 0 atom stereocenters. The minimum atomic E-state index is 0.620. The molecule has 1 fully saturated rings. The second-order valence-electron chi connectivity index (χ2n) is 8.37. The zero-order valence-electron chi connectivity index (χ0n) is 19.6. The minimum absolute atomic E-state index is 0.620. The van der Waals surface area contributed by atoms with Crippen molar-refractivity contribution in [3.63, 3.8) is 0 Å². The van der Waals surface area contributed by atoms with Crippen molar-refractivity contribution in [2.75, 3.05) is 60.8 Å². The Kier molecular flexibility index (Phi) is 6.24. The maximum absolute atomic E-state index is 6.15. The Morgan fingerprint density at radius 2 is 1.73 bits per heavy atom. The Morgan fingerprint density at radius 1 is 0.939 bits per heavy atom. The SMILES string of the molecule is COc1cc2c(cc1OC)-c1cc3ccc(OCCN4CCOCC4)c(OC)c3c[n+]1CC2. The summed E-state index contributed by atoms with van der Waals surface area (Å²) in [5.74, 6) is 3.07. The van der Waals surface area contributed by atoms with Crippen molar-refractivity contribution in [2.24, 2.45) is 0 Å². The van der Waals surface area contributed by atoms with Crippen molar-refractivity contribution in [3.05, 3.63) is 42.1 Å². The van der Waals surface area contributed by atoms with Gasteiger partial charge in [-0.3, -0.25) is 4.90 Å². The monoisotopic (exact) mass is 451 g/mol. The molecule has 0 spiro atoms. The Bertz CT molecular complexity index is 1160. The third-order valence-corrected chi connectivity index (χ3v) is 6.56. The van der Waals surface area contributed by atoms with Crippen LogP contribution in [0, 0.1) is 0 Å². The van der Waals surface area contributed by atoms with E-state index in [0.29, 0.717) is 6.61 Å². The van der Waals surface area contributed by atoms with E-state index in [-0.39, 0.29) is 0 Å². The molecule has 7 nitrogen and oxygen atoms in total. The summed E-state index contributed by atoms with van der Waals surface area (Å²) < 4.78 is 30.7. The molecule has 0 radical (unpaired) electrons. The van der Waals surface area contributed by atoms with E-state index in [1.54, 1.807) is 21.3 Å². The van der Waals surface area contributed by atoms with Gasteiger partial charge in [0.1, 0.15) is 6.61 Å². The summed E-state index contributed by atoms with van der Waals surface area (Å²) >= 11 is 0. The highest BCUT2D eigenvalue weighted by Crippen LogP contribution is 2.40. The van der Waals surface area contributed by atoms with E-state index in [4.69, 9.17) is 23.7 Å². The lowest BCUT2D eigenvalue weighted by Crippen LogP contribution is -2.40. The Labute approximate surface area is 194 Å². The number of aromatic nitrogens is 1. The van der Waals surface area contributed by atoms with Crippen LogP contribution in [0.5, 0.6) is 23.0 Å². The first-order valence-corrected chi connectivity index (χ1v) is 11.4. The van der Waals surface area contributed by atoms with Crippen molar-refractivity contribution < 1.29 is 28.3 Å². The number of rotatable bonds is 7. The van der Waals surface area contributed by atoms with Crippen LogP contribution in [0.4, 0.5) is 0 Å². The van der Waals surface area contributed by atoms with Gasteiger partial charge in [-0.1, -0.05) is 0 Å². The number of benzene rings is 2. The summed E-state index contributed by atoms with van der Waals surface area (Å²) in [5, 5.41) is 2.16. The van der Waals surface area contributed by atoms with E-state index in [0.717, 1.165) is 85.3 Å². The van der Waals surface area contributed by atoms with Crippen LogP contribution in [0.25, 0.3) is 22.0 Å². The number of ether oxygens (including phenoxy) is 5. The summed E-state index contributed by atoms with van der Waals surface area (Å²) in [6, 6.07) is 10.5. The van der Waals surface area contributed by atoms with Crippen LogP contribution in [0.3, 0.4) is 0 Å². The molecule has 0 aliphatic carbocycles. The van der Waals surface area contributed by atoms with Gasteiger partial charge in [0.2, 0.25) is 5.69 Å². The van der Waals surface area contributed by atoms with Gasteiger partial charge in [0.15, 0.2) is 35.7 Å². The Hall–Kier alpha value is -3.03. The average Bonchev–Trinajstić information content (AvgIpc) is 2.87. The summed E-state index contributed by atoms with van der Waals surface area (Å²) in [7, 11) is 5.06. The summed E-state index contributed by atoms with van der Waals surface area (Å²) in [6.45, 7) is 5.89. The molecule has 0 N–H and O–H groups in total. The molecule has 33 heavy (non-hydrogen) atoms. The van der Waals surface area contributed by atoms with Crippen LogP contribution in [-0.2, 0) is 17.7 Å². The van der Waals surface area contributed by atoms with E-state index >= 15 is 0 Å². The molecule has 0 saturated carbocycles. The molecule has 2 aliphatic heterocycles. The largest absolute Gasteiger partial charge is 0.493 e. The second kappa shape index (κ2) is 9.45. The van der Waals surface area contributed by atoms with E-state index in [2.05, 4.69) is 39.9 Å². The fraction of sp³-hybridized carbons (Fsp3) is 0.423. The highest BCUT2D eigenvalue weighted by Gasteiger charge is 2.27. The molecule has 5 rings (SSSR count). The number of nitrogens with zero attached hydrogens (tertiary/aromatic N) is 2. The predicted molar refractivity (Wildman–Crippen MR) is 126 cm³/mol. The van der Waals surface area contributed by atoms with E-state index < -0.39 is 0 Å². The summed E-state index contributed by atoms with van der Waals surface area (Å²) in [6.07, 6.45) is 3.11. The average molecular weight is 452 g/mol. The van der Waals surface area contributed by atoms with Crippen molar-refractivity contribution in [1.82, 2.24) is 4.90 Å². The maximum Gasteiger partial charge on any atom is 0.213 e. The lowest BCUT2D eigenvalue weighted by molar-refractivity contribution is -0.686. The van der Waals surface area contributed by atoms with Gasteiger partial charge < -0.3 is 23.7 Å². The van der Waals surface area contributed by atoms with Crippen molar-refractivity contribution >= 4 is 10.8 Å². The molecule has 2 aliphatic rings. The van der Waals surface area contributed by atoms with Crippen LogP contribution < -0.4 is 23.5 Å². The van der Waals surface area contributed by atoms with Gasteiger partial charge in [-0.15, -0.1) is 0 Å². The van der Waals surface area contributed by atoms with Crippen molar-refractivity contribution in [1.29, 1.82) is 0 Å². The fourth-order valence-electron chi connectivity index (χ4n) is 4.77. The van der Waals surface area contributed by atoms with E-state index in [1.807, 2.05) is 6.07 Å². The maximum atomic E-state index is 6.15. The third-order valence-electron chi connectivity index (χ3n) is 6.56. The van der Waals surface area contributed by atoms with Gasteiger partial charge in [0.25, 0.3) is 0 Å². The molecule has 0 bridgehead atoms. The van der Waals surface area contributed by atoms with Crippen molar-refractivity contribution in [2.45, 2.75) is 13.0 Å². The summed E-state index contributed by atoms with van der Waals surface area (Å²) in [5.41, 5.74) is 3.60. The Morgan fingerprint density at radius 3 is 2.48 bits per heavy atom. The molecule has 0 amide bonds. The number of morpholine rings is 1. The number of methoxy groups -OCH3 is 3. The highest BCUT2D eigenvalue weighted by atomic mass is 16.5. The summed E-state index contributed by atoms with van der Waals surface area (Å²) in [4.78, 5) is 2.37. The topological polar surface area (TPSA) is 53.3 Å². The predicted octanol–water partition coefficient (Wildman–Crippen LogP) is 3.09. The quantitative estimate of drug-likeness (QED) is 0.515. The molecular weight excluding hydrogens is 420 g/mol. The van der Waals surface area contributed by atoms with Crippen LogP contribution in [0.1, 0.15) is 5.56 Å². The Balaban J connectivity index is 1.46. The van der Waals surface area contributed by atoms with Gasteiger partial charge in [0.05, 0.1) is 45.5 Å². The lowest BCUT2D eigenvalue weighted by atomic mass is 9.95. The first-order chi connectivity index (χ1) is 16.2. The van der Waals surface area contributed by atoms with E-state index in [1.165, 1.54) is 11.1 Å². The van der Waals surface area contributed by atoms with Crippen LogP contribution in [0.15, 0.2) is 36.5 Å². The third kappa shape index (κ3) is 4.18. The van der Waals surface area contributed by atoms with Crippen LogP contribution in [0.2, 0.25) is 0 Å². The first kappa shape index (κ1) is 21.8. The number of fused-ring (bicyclic) bond motifs is 4. The molecule has 3 heterocycles. The van der Waals surface area contributed by atoms with Crippen LogP contribution >= 0.6 is 0 Å². The van der Waals surface area contributed by atoms with E-state index in [9.17, 15) is 0 Å². The standard InChI is InChI=1S/C26H31N2O5/c1-29-24-15-19-6-7-28-17-21-18(14-22(28)20(19)16-25(24)30-2)4-5-23(26(21)31-3)33-13-10-27-8-11-32-12-9-27/h4-5,14-17H,6-13H2,1-3H3/q+1. The molecule has 174 valence electrons. The number of aryl methyl sites for hydroxylation is 2. The number of hydrogen-bond acceptors (Lipinski definition) is 6. The smallest absolute Gasteiger partial charge is 0.213 e. The molecule has 2 aromatic carbocycles. The molecule has 0 unspecified atom stereocenters. The van der Waals surface area contributed by atoms with Gasteiger partial charge in [0, 0.05) is 32.1 Å². The molecule has 1 aromatic heterocycles. The van der Waals surface area contributed by atoms with Gasteiger partial charge in [-0.05, 0) is 35.2 Å². The lowest BCUT2D eigenvalue weighted by Gasteiger charge is -2.26. The van der Waals surface area contributed by atoms with Gasteiger partial charge in [-0.2, -0.15) is 4.57 Å². The fourth-order valence-corrected chi connectivity index (χ4v) is 4.77. The molecular formula is C26H31N2O5+. The normalized spacial score (nSPS) is 15.6. The first-order valence-electron chi connectivity index (χ1n) is 11.4. The molecule has 7 heteroatoms.